The van der Waals surface area contributed by atoms with Crippen LogP contribution < -0.4 is 5.32 Å². The molecule has 0 aliphatic rings. The molecule has 0 fully saturated rings. The molecule has 0 saturated heterocycles. The summed E-state index contributed by atoms with van der Waals surface area (Å²) in [5, 5.41) is 13.8. The summed E-state index contributed by atoms with van der Waals surface area (Å²) in [7, 11) is 0. The van der Waals surface area contributed by atoms with E-state index in [-0.39, 0.29) is 0 Å². The number of anilines is 1. The molecular weight excluding hydrogens is 238 g/mol. The van der Waals surface area contributed by atoms with Crippen LogP contribution in [0.5, 0.6) is 0 Å². The second-order valence-electron chi connectivity index (χ2n) is 4.83. The summed E-state index contributed by atoms with van der Waals surface area (Å²) >= 11 is 0. The number of fused-ring (bicyclic) bond motifs is 1. The van der Waals surface area contributed by atoms with Gasteiger partial charge in [-0.25, -0.2) is 0 Å². The summed E-state index contributed by atoms with van der Waals surface area (Å²) in [6.45, 7) is 5.83. The molecule has 1 N–H and O–H groups in total. The zero-order valence-corrected chi connectivity index (χ0v) is 11.6. The monoisotopic (exact) mass is 259 g/mol. The maximum atomic E-state index is 5.51. The molecule has 0 spiro atoms. The third kappa shape index (κ3) is 4.17. The molecule has 19 heavy (non-hydrogen) atoms. The number of aromatic nitrogens is 2. The second-order valence-corrected chi connectivity index (χ2v) is 4.83. The first-order valence-corrected chi connectivity index (χ1v) is 6.83. The van der Waals surface area contributed by atoms with E-state index in [2.05, 4.69) is 35.4 Å². The van der Waals surface area contributed by atoms with Crippen molar-refractivity contribution in [2.75, 3.05) is 18.5 Å². The van der Waals surface area contributed by atoms with Crippen molar-refractivity contribution in [2.24, 2.45) is 0 Å². The molecule has 2 aromatic rings. The molecule has 1 aromatic heterocycles. The van der Waals surface area contributed by atoms with Crippen molar-refractivity contribution in [1.82, 2.24) is 10.2 Å². The van der Waals surface area contributed by atoms with Gasteiger partial charge in [-0.2, -0.15) is 5.10 Å². The fraction of sp³-hybridized carbons (Fsp3) is 0.467. The summed E-state index contributed by atoms with van der Waals surface area (Å²) in [5.41, 5.74) is 0. The van der Waals surface area contributed by atoms with Gasteiger partial charge < -0.3 is 10.1 Å². The lowest BCUT2D eigenvalue weighted by Gasteiger charge is -2.09. The van der Waals surface area contributed by atoms with Crippen molar-refractivity contribution in [1.29, 1.82) is 0 Å². The lowest BCUT2D eigenvalue weighted by molar-refractivity contribution is 0.0765. The van der Waals surface area contributed by atoms with Gasteiger partial charge in [-0.1, -0.05) is 24.3 Å². The maximum absolute atomic E-state index is 5.51. The van der Waals surface area contributed by atoms with E-state index in [0.717, 1.165) is 42.6 Å². The van der Waals surface area contributed by atoms with Crippen LogP contribution in [0.15, 0.2) is 30.5 Å². The highest BCUT2D eigenvalue weighted by Gasteiger charge is 2.01. The number of ether oxygens (including phenoxy) is 1. The Morgan fingerprint density at radius 1 is 1.21 bits per heavy atom. The highest BCUT2D eigenvalue weighted by atomic mass is 16.5. The van der Waals surface area contributed by atoms with Crippen LogP contribution in [0.1, 0.15) is 26.7 Å². The van der Waals surface area contributed by atoms with Crippen LogP contribution in [-0.4, -0.2) is 29.5 Å². The summed E-state index contributed by atoms with van der Waals surface area (Å²) in [6, 6.07) is 8.14. The number of nitrogens with zero attached hydrogens (tertiary/aromatic N) is 2. The van der Waals surface area contributed by atoms with Gasteiger partial charge in [0.15, 0.2) is 5.82 Å². The largest absolute Gasteiger partial charge is 0.379 e. The molecule has 102 valence electrons. The highest BCUT2D eigenvalue weighted by molar-refractivity contribution is 5.90. The molecule has 1 heterocycles. The minimum atomic E-state index is 0.317. The van der Waals surface area contributed by atoms with Crippen molar-refractivity contribution in [3.8, 4) is 0 Å². The van der Waals surface area contributed by atoms with E-state index >= 15 is 0 Å². The summed E-state index contributed by atoms with van der Waals surface area (Å²) in [6.07, 6.45) is 4.23. The van der Waals surface area contributed by atoms with Crippen LogP contribution in [0.2, 0.25) is 0 Å². The fourth-order valence-corrected chi connectivity index (χ4v) is 1.91. The summed E-state index contributed by atoms with van der Waals surface area (Å²) < 4.78 is 5.51. The van der Waals surface area contributed by atoms with Gasteiger partial charge in [0.05, 0.1) is 12.3 Å². The Morgan fingerprint density at radius 3 is 2.89 bits per heavy atom. The van der Waals surface area contributed by atoms with Gasteiger partial charge in [-0.3, -0.25) is 0 Å². The molecular formula is C15H21N3O. The van der Waals surface area contributed by atoms with E-state index in [1.807, 2.05) is 18.2 Å². The first-order valence-electron chi connectivity index (χ1n) is 6.83. The molecule has 0 bridgehead atoms. The number of hydrogen-bond donors (Lipinski definition) is 1. The van der Waals surface area contributed by atoms with Crippen LogP contribution in [0.4, 0.5) is 5.82 Å². The number of unbranched alkanes of at least 4 members (excludes halogenated alkanes) is 1. The Bertz CT molecular complexity index is 508. The number of nitrogens with one attached hydrogen (secondary N) is 1. The topological polar surface area (TPSA) is 47.0 Å². The molecule has 0 saturated carbocycles. The Kier molecular flexibility index (Phi) is 5.10. The van der Waals surface area contributed by atoms with Crippen LogP contribution in [0, 0.1) is 0 Å². The molecule has 2 rings (SSSR count). The van der Waals surface area contributed by atoms with Gasteiger partial charge in [-0.15, -0.1) is 5.10 Å². The minimum absolute atomic E-state index is 0.317. The SMILES string of the molecule is CC(C)OCCCCNc1nncc2ccccc12. The number of hydrogen-bond acceptors (Lipinski definition) is 4. The normalized spacial score (nSPS) is 11.1. The van der Waals surface area contributed by atoms with Crippen LogP contribution >= 0.6 is 0 Å². The molecule has 4 heteroatoms. The highest BCUT2D eigenvalue weighted by Crippen LogP contribution is 2.18. The van der Waals surface area contributed by atoms with E-state index in [0.29, 0.717) is 6.10 Å². The van der Waals surface area contributed by atoms with Crippen LogP contribution in [0.3, 0.4) is 0 Å². The van der Waals surface area contributed by atoms with Crippen molar-refractivity contribution < 1.29 is 4.74 Å². The molecule has 1 aromatic carbocycles. The Labute approximate surface area is 114 Å². The van der Waals surface area contributed by atoms with Crippen molar-refractivity contribution >= 4 is 16.6 Å². The van der Waals surface area contributed by atoms with Gasteiger partial charge in [0.2, 0.25) is 0 Å². The Balaban J connectivity index is 1.82. The summed E-state index contributed by atoms with van der Waals surface area (Å²) in [4.78, 5) is 0. The Morgan fingerprint density at radius 2 is 2.05 bits per heavy atom. The molecule has 0 radical (unpaired) electrons. The van der Waals surface area contributed by atoms with Crippen molar-refractivity contribution in [2.45, 2.75) is 32.8 Å². The molecule has 0 aliphatic carbocycles. The molecule has 0 unspecified atom stereocenters. The van der Waals surface area contributed by atoms with E-state index in [4.69, 9.17) is 4.74 Å². The molecule has 4 nitrogen and oxygen atoms in total. The quantitative estimate of drug-likeness (QED) is 0.775. The maximum Gasteiger partial charge on any atom is 0.156 e. The van der Waals surface area contributed by atoms with Gasteiger partial charge in [0.1, 0.15) is 0 Å². The van der Waals surface area contributed by atoms with E-state index in [1.165, 1.54) is 0 Å². The van der Waals surface area contributed by atoms with Gasteiger partial charge >= 0.3 is 0 Å². The third-order valence-corrected chi connectivity index (χ3v) is 2.89. The van der Waals surface area contributed by atoms with Gasteiger partial charge in [0, 0.05) is 23.9 Å². The first-order chi connectivity index (χ1) is 9.27. The Hall–Kier alpha value is -1.68. The average Bonchev–Trinajstić information content (AvgIpc) is 2.42. The van der Waals surface area contributed by atoms with E-state index in [1.54, 1.807) is 6.20 Å². The third-order valence-electron chi connectivity index (χ3n) is 2.89. The van der Waals surface area contributed by atoms with Crippen LogP contribution in [0.25, 0.3) is 10.8 Å². The van der Waals surface area contributed by atoms with Crippen molar-refractivity contribution in [3.05, 3.63) is 30.5 Å². The zero-order valence-electron chi connectivity index (χ0n) is 11.6. The van der Waals surface area contributed by atoms with E-state index in [9.17, 15) is 0 Å². The predicted octanol–water partition coefficient (Wildman–Crippen LogP) is 3.25. The fourth-order valence-electron chi connectivity index (χ4n) is 1.91. The van der Waals surface area contributed by atoms with Crippen molar-refractivity contribution in [3.63, 3.8) is 0 Å². The smallest absolute Gasteiger partial charge is 0.156 e. The minimum Gasteiger partial charge on any atom is -0.379 e. The predicted molar refractivity (Wildman–Crippen MR) is 78.3 cm³/mol. The average molecular weight is 259 g/mol. The standard InChI is InChI=1S/C15H21N3O/c1-12(2)19-10-6-5-9-16-15-14-8-4-3-7-13(14)11-17-18-15/h3-4,7-8,11-12H,5-6,9-10H2,1-2H3,(H,16,18). The molecule has 0 atom stereocenters. The van der Waals surface area contributed by atoms with E-state index < -0.39 is 0 Å². The lowest BCUT2D eigenvalue weighted by atomic mass is 10.2. The summed E-state index contributed by atoms with van der Waals surface area (Å²) in [5.74, 6) is 0.864. The molecule has 0 amide bonds. The molecule has 0 aliphatic heterocycles. The van der Waals surface area contributed by atoms with Gasteiger partial charge in [-0.05, 0) is 26.7 Å². The first kappa shape index (κ1) is 13.7. The van der Waals surface area contributed by atoms with Crippen LogP contribution in [-0.2, 0) is 4.74 Å². The zero-order chi connectivity index (χ0) is 13.5. The second kappa shape index (κ2) is 7.04. The number of benzene rings is 1. The lowest BCUT2D eigenvalue weighted by Crippen LogP contribution is -2.08. The van der Waals surface area contributed by atoms with Gasteiger partial charge in [0.25, 0.3) is 0 Å². The number of rotatable bonds is 7.